The lowest BCUT2D eigenvalue weighted by Crippen LogP contribution is -2.20. The molecule has 0 radical (unpaired) electrons. The number of aryl methyl sites for hydroxylation is 1. The maximum absolute atomic E-state index is 12.8. The Bertz CT molecular complexity index is 871. The summed E-state index contributed by atoms with van der Waals surface area (Å²) in [5.74, 6) is 0. The molecule has 3 aromatic rings. The van der Waals surface area contributed by atoms with Crippen LogP contribution in [0.2, 0.25) is 0 Å². The van der Waals surface area contributed by atoms with Gasteiger partial charge in [0.05, 0.1) is 5.56 Å². The van der Waals surface area contributed by atoms with E-state index in [2.05, 4.69) is 42.6 Å². The van der Waals surface area contributed by atoms with Crippen molar-refractivity contribution in [2.24, 2.45) is 0 Å². The van der Waals surface area contributed by atoms with E-state index in [1.54, 1.807) is 6.07 Å². The molecule has 5 heteroatoms. The first kappa shape index (κ1) is 21.3. The standard InChI is InChI=1S/C22H22F3N.ClH/c1-16(20-13-5-10-18-9-2-3-12-21(18)20)26-14-6-8-17-7-4-11-19(15-17)22(23,24)25;/h2-5,7,9-13,15-16,26H,6,8,14H2,1H3;1H. The maximum atomic E-state index is 12.8. The van der Waals surface area contributed by atoms with Crippen LogP contribution >= 0.6 is 12.4 Å². The van der Waals surface area contributed by atoms with E-state index in [0.717, 1.165) is 24.6 Å². The van der Waals surface area contributed by atoms with E-state index in [4.69, 9.17) is 0 Å². The van der Waals surface area contributed by atoms with Gasteiger partial charge in [0.1, 0.15) is 0 Å². The molecule has 1 atom stereocenters. The van der Waals surface area contributed by atoms with Crippen LogP contribution in [0.4, 0.5) is 13.2 Å². The van der Waals surface area contributed by atoms with E-state index in [1.807, 2.05) is 12.1 Å². The Hall–Kier alpha value is -2.04. The van der Waals surface area contributed by atoms with E-state index in [0.29, 0.717) is 6.42 Å². The number of hydrogen-bond acceptors (Lipinski definition) is 1. The zero-order chi connectivity index (χ0) is 18.6. The molecule has 0 saturated heterocycles. The van der Waals surface area contributed by atoms with Crippen molar-refractivity contribution in [3.8, 4) is 0 Å². The highest BCUT2D eigenvalue weighted by molar-refractivity contribution is 5.86. The van der Waals surface area contributed by atoms with Gasteiger partial charge in [-0.15, -0.1) is 12.4 Å². The van der Waals surface area contributed by atoms with Crippen LogP contribution in [0.25, 0.3) is 10.8 Å². The fourth-order valence-electron chi connectivity index (χ4n) is 3.25. The molecule has 3 aromatic carbocycles. The lowest BCUT2D eigenvalue weighted by molar-refractivity contribution is -0.137. The third kappa shape index (κ3) is 5.47. The van der Waals surface area contributed by atoms with Gasteiger partial charge in [0.15, 0.2) is 0 Å². The Morgan fingerprint density at radius 3 is 2.41 bits per heavy atom. The van der Waals surface area contributed by atoms with Crippen LogP contribution in [0.15, 0.2) is 66.7 Å². The first-order chi connectivity index (χ1) is 12.4. The molecule has 1 unspecified atom stereocenters. The molecule has 144 valence electrons. The summed E-state index contributed by atoms with van der Waals surface area (Å²) in [5, 5.41) is 5.92. The van der Waals surface area contributed by atoms with Gasteiger partial charge in [-0.2, -0.15) is 13.2 Å². The van der Waals surface area contributed by atoms with Crippen LogP contribution < -0.4 is 5.32 Å². The summed E-state index contributed by atoms with van der Waals surface area (Å²) in [5.41, 5.74) is 1.38. The fraction of sp³-hybridized carbons (Fsp3) is 0.273. The third-order valence-electron chi connectivity index (χ3n) is 4.64. The second kappa shape index (κ2) is 9.25. The molecule has 1 N–H and O–H groups in total. The van der Waals surface area contributed by atoms with E-state index in [9.17, 15) is 13.2 Å². The lowest BCUT2D eigenvalue weighted by Gasteiger charge is -2.17. The number of hydrogen-bond donors (Lipinski definition) is 1. The van der Waals surface area contributed by atoms with Gasteiger partial charge < -0.3 is 5.32 Å². The molecular formula is C22H23ClF3N. The minimum absolute atomic E-state index is 0. The first-order valence-corrected chi connectivity index (χ1v) is 8.82. The molecule has 0 spiro atoms. The monoisotopic (exact) mass is 393 g/mol. The van der Waals surface area contributed by atoms with Gasteiger partial charge in [-0.3, -0.25) is 0 Å². The highest BCUT2D eigenvalue weighted by Crippen LogP contribution is 2.29. The number of halogens is 4. The zero-order valence-electron chi connectivity index (χ0n) is 15.1. The number of fused-ring (bicyclic) bond motifs is 1. The number of benzene rings is 3. The second-order valence-electron chi connectivity index (χ2n) is 6.55. The van der Waals surface area contributed by atoms with Crippen molar-refractivity contribution in [1.29, 1.82) is 0 Å². The molecule has 0 saturated carbocycles. The Kier molecular flexibility index (Phi) is 7.28. The van der Waals surface area contributed by atoms with Gasteiger partial charge in [0, 0.05) is 6.04 Å². The normalized spacial score (nSPS) is 12.6. The molecule has 0 aliphatic carbocycles. The van der Waals surface area contributed by atoms with Crippen LogP contribution in [0.5, 0.6) is 0 Å². The van der Waals surface area contributed by atoms with E-state index in [-0.39, 0.29) is 18.4 Å². The van der Waals surface area contributed by atoms with Crippen molar-refractivity contribution in [2.75, 3.05) is 6.54 Å². The molecule has 0 aromatic heterocycles. The Labute approximate surface area is 164 Å². The predicted molar refractivity (Wildman–Crippen MR) is 107 cm³/mol. The van der Waals surface area contributed by atoms with Gasteiger partial charge in [-0.25, -0.2) is 0 Å². The van der Waals surface area contributed by atoms with Crippen LogP contribution in [0, 0.1) is 0 Å². The summed E-state index contributed by atoms with van der Waals surface area (Å²) < 4.78 is 38.3. The van der Waals surface area contributed by atoms with Crippen LogP contribution in [0.3, 0.4) is 0 Å². The molecule has 0 bridgehead atoms. The number of alkyl halides is 3. The first-order valence-electron chi connectivity index (χ1n) is 8.82. The summed E-state index contributed by atoms with van der Waals surface area (Å²) in [6, 6.07) is 20.3. The summed E-state index contributed by atoms with van der Waals surface area (Å²) in [7, 11) is 0. The zero-order valence-corrected chi connectivity index (χ0v) is 15.9. The Balaban J connectivity index is 0.00000261. The average Bonchev–Trinajstić information content (AvgIpc) is 2.64. The predicted octanol–water partition coefficient (Wildman–Crippen LogP) is 6.56. The average molecular weight is 394 g/mol. The third-order valence-corrected chi connectivity index (χ3v) is 4.64. The molecule has 0 aliphatic heterocycles. The molecular weight excluding hydrogens is 371 g/mol. The van der Waals surface area contributed by atoms with E-state index >= 15 is 0 Å². The molecule has 1 nitrogen and oxygen atoms in total. The number of nitrogens with one attached hydrogen (secondary N) is 1. The van der Waals surface area contributed by atoms with Crippen LogP contribution in [-0.2, 0) is 12.6 Å². The van der Waals surface area contributed by atoms with Crippen molar-refractivity contribution < 1.29 is 13.2 Å². The van der Waals surface area contributed by atoms with Gasteiger partial charge in [-0.1, -0.05) is 60.7 Å². The quantitative estimate of drug-likeness (QED) is 0.467. The van der Waals surface area contributed by atoms with E-state index in [1.165, 1.54) is 28.5 Å². The highest BCUT2D eigenvalue weighted by Gasteiger charge is 2.30. The molecule has 0 fully saturated rings. The van der Waals surface area contributed by atoms with Crippen LogP contribution in [-0.4, -0.2) is 6.54 Å². The minimum Gasteiger partial charge on any atom is -0.310 e. The molecule has 0 amide bonds. The molecule has 0 heterocycles. The summed E-state index contributed by atoms with van der Waals surface area (Å²) in [6.07, 6.45) is -2.87. The SMILES string of the molecule is CC(NCCCc1cccc(C(F)(F)F)c1)c1cccc2ccccc12.Cl. The lowest BCUT2D eigenvalue weighted by atomic mass is 9.99. The van der Waals surface area contributed by atoms with Crippen molar-refractivity contribution in [3.63, 3.8) is 0 Å². The smallest absolute Gasteiger partial charge is 0.310 e. The minimum atomic E-state index is -4.28. The van der Waals surface area contributed by atoms with E-state index < -0.39 is 11.7 Å². The van der Waals surface area contributed by atoms with Crippen LogP contribution in [0.1, 0.15) is 36.1 Å². The summed E-state index contributed by atoms with van der Waals surface area (Å²) in [6.45, 7) is 2.87. The van der Waals surface area contributed by atoms with Gasteiger partial charge in [0.25, 0.3) is 0 Å². The summed E-state index contributed by atoms with van der Waals surface area (Å²) in [4.78, 5) is 0. The maximum Gasteiger partial charge on any atom is 0.416 e. The van der Waals surface area contributed by atoms with Crippen molar-refractivity contribution in [2.45, 2.75) is 32.0 Å². The fourth-order valence-corrected chi connectivity index (χ4v) is 3.25. The van der Waals surface area contributed by atoms with Gasteiger partial charge >= 0.3 is 6.18 Å². The van der Waals surface area contributed by atoms with Gasteiger partial charge in [0.2, 0.25) is 0 Å². The molecule has 0 aliphatic rings. The van der Waals surface area contributed by atoms with Gasteiger partial charge in [-0.05, 0) is 54.3 Å². The topological polar surface area (TPSA) is 12.0 Å². The molecule has 27 heavy (non-hydrogen) atoms. The number of rotatable bonds is 6. The Morgan fingerprint density at radius 2 is 1.63 bits per heavy atom. The largest absolute Gasteiger partial charge is 0.416 e. The summed E-state index contributed by atoms with van der Waals surface area (Å²) >= 11 is 0. The van der Waals surface area contributed by atoms with Crippen molar-refractivity contribution >= 4 is 23.2 Å². The Morgan fingerprint density at radius 1 is 0.926 bits per heavy atom. The van der Waals surface area contributed by atoms with Crippen molar-refractivity contribution in [1.82, 2.24) is 5.32 Å². The molecule has 3 rings (SSSR count). The van der Waals surface area contributed by atoms with Crippen molar-refractivity contribution in [3.05, 3.63) is 83.4 Å². The second-order valence-corrected chi connectivity index (χ2v) is 6.55. The highest BCUT2D eigenvalue weighted by atomic mass is 35.5.